The molecule has 0 aliphatic carbocycles. The van der Waals surface area contributed by atoms with Crippen LogP contribution in [0, 0.1) is 0 Å². The lowest BCUT2D eigenvalue weighted by Crippen LogP contribution is -2.27. The first-order valence-corrected chi connectivity index (χ1v) is 14.0. The van der Waals surface area contributed by atoms with E-state index in [9.17, 15) is 26.4 Å². The number of para-hydroxylation sites is 2. The summed E-state index contributed by atoms with van der Waals surface area (Å²) < 4.78 is 78.0. The van der Waals surface area contributed by atoms with Crippen LogP contribution < -0.4 is 9.46 Å². The Morgan fingerprint density at radius 1 is 0.975 bits per heavy atom. The molecule has 3 aromatic carbocycles. The maximum atomic E-state index is 13.2. The van der Waals surface area contributed by atoms with Crippen LogP contribution in [0.3, 0.4) is 0 Å². The molecule has 0 aliphatic heterocycles. The van der Waals surface area contributed by atoms with Crippen molar-refractivity contribution in [2.45, 2.75) is 44.1 Å². The van der Waals surface area contributed by atoms with Crippen LogP contribution in [0.5, 0.6) is 5.75 Å². The van der Waals surface area contributed by atoms with Crippen molar-refractivity contribution in [3.63, 3.8) is 0 Å². The molecule has 4 rings (SSSR count). The van der Waals surface area contributed by atoms with E-state index in [1.54, 1.807) is 45.0 Å². The van der Waals surface area contributed by atoms with Crippen LogP contribution in [0.4, 0.5) is 18.0 Å². The third-order valence-corrected chi connectivity index (χ3v) is 7.63. The maximum absolute atomic E-state index is 13.2. The summed E-state index contributed by atoms with van der Waals surface area (Å²) >= 11 is 6.27. The summed E-state index contributed by atoms with van der Waals surface area (Å²) in [7, 11) is -4.20. The van der Waals surface area contributed by atoms with E-state index in [0.717, 1.165) is 11.5 Å². The molecular weight excluding hydrogens is 569 g/mol. The van der Waals surface area contributed by atoms with Gasteiger partial charge in [-0.05, 0) is 63.1 Å². The third-order valence-electron chi connectivity index (χ3n) is 5.69. The van der Waals surface area contributed by atoms with E-state index >= 15 is 0 Å². The highest BCUT2D eigenvalue weighted by Gasteiger charge is 2.32. The first-order valence-electron chi connectivity index (χ1n) is 12.1. The highest BCUT2D eigenvalue weighted by atomic mass is 35.5. The molecule has 40 heavy (non-hydrogen) atoms. The SMILES string of the molecule is CC(C)(C)OC(=O)n1c(-c2ccc(Cl)c(S(=O)(=O)NCCc3ccccc3OC(F)(F)F)c2)cc2ccccc21. The van der Waals surface area contributed by atoms with Crippen molar-refractivity contribution in [1.29, 1.82) is 0 Å². The van der Waals surface area contributed by atoms with Gasteiger partial charge in [-0.25, -0.2) is 22.5 Å². The van der Waals surface area contributed by atoms with Gasteiger partial charge in [0.05, 0.1) is 16.2 Å². The number of hydrogen-bond donors (Lipinski definition) is 1. The number of sulfonamides is 1. The summed E-state index contributed by atoms with van der Waals surface area (Å²) in [5.41, 5.74) is 0.743. The summed E-state index contributed by atoms with van der Waals surface area (Å²) in [6.07, 6.45) is -5.60. The molecule has 4 aromatic rings. The number of hydrogen-bond acceptors (Lipinski definition) is 5. The summed E-state index contributed by atoms with van der Waals surface area (Å²) in [5, 5.41) is 0.664. The number of halogens is 4. The number of fused-ring (bicyclic) bond motifs is 1. The van der Waals surface area contributed by atoms with Gasteiger partial charge in [-0.2, -0.15) is 0 Å². The number of nitrogens with zero attached hydrogens (tertiary/aromatic N) is 1. The van der Waals surface area contributed by atoms with Crippen LogP contribution >= 0.6 is 11.6 Å². The molecule has 0 unspecified atom stereocenters. The van der Waals surface area contributed by atoms with Gasteiger partial charge >= 0.3 is 12.5 Å². The molecule has 0 saturated heterocycles. The number of nitrogens with one attached hydrogen (secondary N) is 1. The monoisotopic (exact) mass is 594 g/mol. The fourth-order valence-electron chi connectivity index (χ4n) is 4.07. The van der Waals surface area contributed by atoms with Crippen molar-refractivity contribution in [2.75, 3.05) is 6.54 Å². The standard InChI is InChI=1S/C28H26ClF3N2O5S/c1-27(2,3)39-26(35)34-22-10-6-4-9-19(22)16-23(34)20-12-13-21(29)25(17-20)40(36,37)33-15-14-18-8-5-7-11-24(18)38-28(30,31)32/h4-13,16-17,33H,14-15H2,1-3H3. The minimum atomic E-state index is -4.88. The van der Waals surface area contributed by atoms with Crippen LogP contribution in [-0.4, -0.2) is 37.6 Å². The highest BCUT2D eigenvalue weighted by Crippen LogP contribution is 2.33. The van der Waals surface area contributed by atoms with E-state index in [-0.39, 0.29) is 28.4 Å². The van der Waals surface area contributed by atoms with Crippen LogP contribution in [0.2, 0.25) is 5.02 Å². The van der Waals surface area contributed by atoms with Crippen molar-refractivity contribution in [3.8, 4) is 17.0 Å². The zero-order valence-electron chi connectivity index (χ0n) is 21.8. The normalized spacial score (nSPS) is 12.5. The Hall–Kier alpha value is -3.54. The van der Waals surface area contributed by atoms with Crippen molar-refractivity contribution >= 4 is 38.6 Å². The molecule has 0 saturated carbocycles. The Balaban J connectivity index is 1.64. The molecule has 0 amide bonds. The van der Waals surface area contributed by atoms with Gasteiger partial charge < -0.3 is 9.47 Å². The zero-order valence-corrected chi connectivity index (χ0v) is 23.3. The Bertz CT molecular complexity index is 1660. The van der Waals surface area contributed by atoms with Crippen LogP contribution in [0.1, 0.15) is 26.3 Å². The van der Waals surface area contributed by atoms with Crippen LogP contribution in [0.15, 0.2) is 77.7 Å². The lowest BCUT2D eigenvalue weighted by atomic mass is 10.1. The molecule has 0 atom stereocenters. The number of rotatable bonds is 7. The summed E-state index contributed by atoms with van der Waals surface area (Å²) in [6, 6.07) is 18.7. The van der Waals surface area contributed by atoms with Gasteiger partial charge in [0.1, 0.15) is 16.2 Å². The average molecular weight is 595 g/mol. The van der Waals surface area contributed by atoms with Crippen LogP contribution in [-0.2, 0) is 21.2 Å². The van der Waals surface area contributed by atoms with Gasteiger partial charge in [-0.15, -0.1) is 13.2 Å². The van der Waals surface area contributed by atoms with E-state index in [1.807, 2.05) is 12.1 Å². The molecule has 0 spiro atoms. The number of alkyl halides is 3. The second-order valence-corrected chi connectivity index (χ2v) is 12.0. The summed E-state index contributed by atoms with van der Waals surface area (Å²) in [6.45, 7) is 4.99. The Morgan fingerprint density at radius 2 is 1.65 bits per heavy atom. The molecule has 0 radical (unpaired) electrons. The fraction of sp³-hybridized carbons (Fsp3) is 0.250. The number of carbonyl (C=O) groups is 1. The van der Waals surface area contributed by atoms with Crippen molar-refractivity contribution in [2.24, 2.45) is 0 Å². The topological polar surface area (TPSA) is 86.6 Å². The smallest absolute Gasteiger partial charge is 0.443 e. The molecule has 0 aliphatic rings. The quantitative estimate of drug-likeness (QED) is 0.245. The minimum absolute atomic E-state index is 0.0722. The van der Waals surface area contributed by atoms with E-state index in [2.05, 4.69) is 9.46 Å². The number of benzene rings is 3. The van der Waals surface area contributed by atoms with Gasteiger partial charge in [0.15, 0.2) is 0 Å². The molecule has 7 nitrogen and oxygen atoms in total. The second kappa shape index (κ2) is 11.1. The predicted molar refractivity (Wildman–Crippen MR) is 146 cm³/mol. The predicted octanol–water partition coefficient (Wildman–Crippen LogP) is 7.16. The number of ether oxygens (including phenoxy) is 2. The summed E-state index contributed by atoms with van der Waals surface area (Å²) in [4.78, 5) is 12.9. The van der Waals surface area contributed by atoms with Gasteiger partial charge in [0.2, 0.25) is 10.0 Å². The van der Waals surface area contributed by atoms with Crippen molar-refractivity contribution in [3.05, 3.63) is 83.4 Å². The lowest BCUT2D eigenvalue weighted by Gasteiger charge is -2.21. The molecule has 1 heterocycles. The Labute approximate surface area is 234 Å². The van der Waals surface area contributed by atoms with Crippen molar-refractivity contribution in [1.82, 2.24) is 9.29 Å². The fourth-order valence-corrected chi connectivity index (χ4v) is 5.63. The molecule has 1 aromatic heterocycles. The van der Waals surface area contributed by atoms with E-state index in [0.29, 0.717) is 16.8 Å². The first kappa shape index (κ1) is 29.4. The molecule has 0 bridgehead atoms. The Kier molecular flexibility index (Phi) is 8.21. The molecule has 212 valence electrons. The molecular formula is C28H26ClF3N2O5S. The minimum Gasteiger partial charge on any atom is -0.443 e. The molecule has 12 heteroatoms. The lowest BCUT2D eigenvalue weighted by molar-refractivity contribution is -0.274. The van der Waals surface area contributed by atoms with Gasteiger partial charge in [0, 0.05) is 17.5 Å². The first-order chi connectivity index (χ1) is 18.6. The summed E-state index contributed by atoms with van der Waals surface area (Å²) in [5.74, 6) is -0.413. The van der Waals surface area contributed by atoms with Gasteiger partial charge in [0.25, 0.3) is 0 Å². The van der Waals surface area contributed by atoms with Gasteiger partial charge in [-0.1, -0.05) is 54.1 Å². The average Bonchev–Trinajstić information content (AvgIpc) is 3.23. The van der Waals surface area contributed by atoms with E-state index < -0.39 is 33.8 Å². The van der Waals surface area contributed by atoms with Crippen LogP contribution in [0.25, 0.3) is 22.2 Å². The highest BCUT2D eigenvalue weighted by molar-refractivity contribution is 7.89. The third kappa shape index (κ3) is 6.96. The maximum Gasteiger partial charge on any atom is 0.573 e. The van der Waals surface area contributed by atoms with Crippen molar-refractivity contribution < 1.29 is 35.9 Å². The molecule has 0 fully saturated rings. The van der Waals surface area contributed by atoms with Gasteiger partial charge in [-0.3, -0.25) is 0 Å². The van der Waals surface area contributed by atoms with E-state index in [1.165, 1.54) is 34.9 Å². The number of aromatic nitrogens is 1. The largest absolute Gasteiger partial charge is 0.573 e. The zero-order chi connectivity index (χ0) is 29.3. The van der Waals surface area contributed by atoms with E-state index in [4.69, 9.17) is 16.3 Å². The Morgan fingerprint density at radius 3 is 2.35 bits per heavy atom. The molecule has 1 N–H and O–H groups in total. The second-order valence-electron chi connectivity index (χ2n) is 9.85. The number of carbonyl (C=O) groups excluding carboxylic acids is 1.